The Morgan fingerprint density at radius 1 is 0.976 bits per heavy atom. The third kappa shape index (κ3) is 7.53. The van der Waals surface area contributed by atoms with Crippen molar-refractivity contribution in [3.63, 3.8) is 0 Å². The van der Waals surface area contributed by atoms with Gasteiger partial charge in [-0.25, -0.2) is 0 Å². The molecule has 0 N–H and O–H groups in total. The Morgan fingerprint density at radius 3 is 2.12 bits per heavy atom. The molecule has 1 saturated heterocycles. The number of non-ortho nitro benzene ring substituents is 1. The van der Waals surface area contributed by atoms with Gasteiger partial charge in [-0.3, -0.25) is 0 Å². The zero-order valence-corrected chi connectivity index (χ0v) is 30.9. The minimum Gasteiger partial charge on any atom is -1.00 e. The molecule has 3 aromatic carbocycles. The zero-order valence-electron chi connectivity index (χ0n) is 24.9. The maximum atomic E-state index is 11.6. The van der Waals surface area contributed by atoms with E-state index in [1.54, 1.807) is 12.1 Å². The Morgan fingerprint density at radius 2 is 1.59 bits per heavy atom. The number of hydrogen-bond donors (Lipinski definition) is 0. The number of aryl methyl sites for hydroxylation is 2. The Balaban J connectivity index is 0.00000294. The number of nitro benzene ring substituents is 1. The first-order chi connectivity index (χ1) is 18.5. The normalized spacial score (nSPS) is 17.5. The summed E-state index contributed by atoms with van der Waals surface area (Å²) in [7, 11) is 0. The predicted octanol–water partition coefficient (Wildman–Crippen LogP) is 1.52. The van der Waals surface area contributed by atoms with Gasteiger partial charge in [-0.15, -0.1) is 0 Å². The summed E-state index contributed by atoms with van der Waals surface area (Å²) in [6.07, 6.45) is 2.87. The minimum absolute atomic E-state index is 0. The van der Waals surface area contributed by atoms with Gasteiger partial charge in [0.25, 0.3) is 0 Å². The van der Waals surface area contributed by atoms with Gasteiger partial charge in [-0.05, 0) is 0 Å². The maximum Gasteiger partial charge on any atom is -1.00 e. The number of ether oxygens (including phenoxy) is 1. The molecule has 222 valence electrons. The molecule has 0 amide bonds. The van der Waals surface area contributed by atoms with Crippen molar-refractivity contribution in [1.29, 1.82) is 0 Å². The van der Waals surface area contributed by atoms with Crippen molar-refractivity contribution >= 4 is 20.2 Å². The monoisotopic (exact) mass is 868 g/mol. The van der Waals surface area contributed by atoms with Crippen LogP contribution in [-0.4, -0.2) is 25.4 Å². The van der Waals surface area contributed by atoms with Gasteiger partial charge in [0.15, 0.2) is 0 Å². The van der Waals surface area contributed by atoms with Crippen molar-refractivity contribution in [3.8, 4) is 5.75 Å². The maximum absolute atomic E-state index is 11.6. The molecule has 41 heavy (non-hydrogen) atoms. The third-order valence-corrected chi connectivity index (χ3v) is 10.1. The Hall–Kier alpha value is -1.52. The fraction of sp³-hybridized carbons (Fsp3) is 0.394. The van der Waals surface area contributed by atoms with Crippen molar-refractivity contribution in [2.75, 3.05) is 4.90 Å². The molecular formula is C33H40I2N2O3Ru. The molecule has 0 radical (unpaired) electrons. The molecule has 4 rings (SSSR count). The van der Waals surface area contributed by atoms with Crippen molar-refractivity contribution in [3.05, 3.63) is 99.1 Å². The van der Waals surface area contributed by atoms with E-state index in [2.05, 4.69) is 92.7 Å². The van der Waals surface area contributed by atoms with Crippen molar-refractivity contribution in [2.24, 2.45) is 0 Å². The second-order valence-electron chi connectivity index (χ2n) is 11.3. The molecule has 0 bridgehead atoms. The third-order valence-electron chi connectivity index (χ3n) is 7.45. The fourth-order valence-electron chi connectivity index (χ4n) is 5.80. The molecule has 8 heteroatoms. The second kappa shape index (κ2) is 14.8. The molecule has 1 atom stereocenters. The largest absolute Gasteiger partial charge is 1.00 e. The van der Waals surface area contributed by atoms with Crippen LogP contribution in [0.4, 0.5) is 11.4 Å². The van der Waals surface area contributed by atoms with Gasteiger partial charge in [0.05, 0.1) is 0 Å². The average molecular weight is 868 g/mol. The van der Waals surface area contributed by atoms with Gasteiger partial charge < -0.3 is 48.0 Å². The molecule has 0 aromatic heterocycles. The summed E-state index contributed by atoms with van der Waals surface area (Å²) in [6, 6.07) is 22.4. The molecule has 1 aliphatic rings. The molecule has 5 nitrogen and oxygen atoms in total. The molecule has 1 fully saturated rings. The molecule has 0 aliphatic carbocycles. The predicted molar refractivity (Wildman–Crippen MR) is 159 cm³/mol. The van der Waals surface area contributed by atoms with E-state index in [4.69, 9.17) is 4.74 Å². The first kappa shape index (κ1) is 35.7. The summed E-state index contributed by atoms with van der Waals surface area (Å²) in [6.45, 7) is 15.5. The van der Waals surface area contributed by atoms with Gasteiger partial charge in [-0.2, -0.15) is 0 Å². The van der Waals surface area contributed by atoms with E-state index in [9.17, 15) is 10.1 Å². The molecule has 1 unspecified atom stereocenters. The smallest absolute Gasteiger partial charge is 1.00 e. The Bertz CT molecular complexity index is 1410. The topological polar surface area (TPSA) is 55.6 Å². The summed E-state index contributed by atoms with van der Waals surface area (Å²) in [5, 5.41) is 11.6. The number of anilines is 1. The van der Waals surface area contributed by atoms with E-state index in [0.29, 0.717) is 5.75 Å². The van der Waals surface area contributed by atoms with Crippen LogP contribution in [0.15, 0.2) is 66.7 Å². The van der Waals surface area contributed by atoms with Crippen molar-refractivity contribution in [2.45, 2.75) is 84.8 Å². The van der Waals surface area contributed by atoms with Crippen LogP contribution in [0.2, 0.25) is 0 Å². The van der Waals surface area contributed by atoms with Crippen LogP contribution in [0.5, 0.6) is 5.75 Å². The SMILES string of the molecule is CCc1cccc(CC)c1N1[C](=[Ru+2]=[CH]c2cc([N+](=O)[O-])ccc2OC(C)C)C(C)(c2ccccc2)CC1(C)C.[I-].[I-]. The number of rotatable bonds is 8. The van der Waals surface area contributed by atoms with Crippen molar-refractivity contribution in [1.82, 2.24) is 0 Å². The van der Waals surface area contributed by atoms with Crippen LogP contribution in [0.3, 0.4) is 0 Å². The van der Waals surface area contributed by atoms with Crippen LogP contribution in [0.25, 0.3) is 0 Å². The zero-order chi connectivity index (χ0) is 28.4. The second-order valence-corrected chi connectivity index (χ2v) is 13.1. The van der Waals surface area contributed by atoms with E-state index in [1.807, 2.05) is 13.8 Å². The van der Waals surface area contributed by atoms with Crippen LogP contribution in [-0.2, 0) is 34.5 Å². The van der Waals surface area contributed by atoms with E-state index in [1.165, 1.54) is 32.7 Å². The number of nitro groups is 1. The average Bonchev–Trinajstić information content (AvgIpc) is 3.12. The van der Waals surface area contributed by atoms with E-state index in [-0.39, 0.29) is 75.6 Å². The van der Waals surface area contributed by atoms with Gasteiger partial charge in [0.2, 0.25) is 0 Å². The molecule has 0 spiro atoms. The minimum atomic E-state index is -0.451. The summed E-state index contributed by atoms with van der Waals surface area (Å²) < 4.78 is 9.70. The summed E-state index contributed by atoms with van der Waals surface area (Å²) in [4.78, 5) is 13.9. The number of benzene rings is 3. The van der Waals surface area contributed by atoms with Crippen molar-refractivity contribution < 1.29 is 73.8 Å². The van der Waals surface area contributed by atoms with E-state index >= 15 is 0 Å². The quantitative estimate of drug-likeness (QED) is 0.150. The van der Waals surface area contributed by atoms with Crippen LogP contribution in [0, 0.1) is 10.1 Å². The van der Waals surface area contributed by atoms with Gasteiger partial charge in [0, 0.05) is 0 Å². The summed E-state index contributed by atoms with van der Waals surface area (Å²) in [5.74, 6) is 0.693. The molecule has 3 aromatic rings. The summed E-state index contributed by atoms with van der Waals surface area (Å²) in [5.41, 5.74) is 5.95. The van der Waals surface area contributed by atoms with Crippen LogP contribution < -0.4 is 57.6 Å². The molecule has 1 aliphatic heterocycles. The number of nitrogens with zero attached hydrogens (tertiary/aromatic N) is 2. The molecular weight excluding hydrogens is 827 g/mol. The molecule has 1 heterocycles. The first-order valence-corrected chi connectivity index (χ1v) is 15.6. The number of hydrogen-bond acceptors (Lipinski definition) is 4. The van der Waals surface area contributed by atoms with E-state index in [0.717, 1.165) is 24.8 Å². The Kier molecular flexibility index (Phi) is 12.9. The fourth-order valence-corrected chi connectivity index (χ4v) is 8.60. The van der Waals surface area contributed by atoms with E-state index < -0.39 is 16.2 Å². The molecule has 0 saturated carbocycles. The standard InChI is InChI=1S/C23H29N.C10H11NO3.2HI.Ru/c1-6-18-12-11-13-19(7-2)21(18)24-17-23(5,16-22(24,3)4)20-14-9-8-10-15-20;1-7(2)14-10-5-4-9(11(12)13)6-8(10)3;;;/h8-15H,6-7,16H2,1-5H3;3-7H,1-2H3;2*1H;/q;;;;+2/p-2. The number of halogens is 2. The number of para-hydroxylation sites is 1. The first-order valence-electron chi connectivity index (χ1n) is 13.7. The Labute approximate surface area is 286 Å². The van der Waals surface area contributed by atoms with Crippen LogP contribution >= 0.6 is 0 Å². The van der Waals surface area contributed by atoms with Crippen LogP contribution in [0.1, 0.15) is 77.1 Å². The van der Waals surface area contributed by atoms with Gasteiger partial charge in [0.1, 0.15) is 0 Å². The summed E-state index contributed by atoms with van der Waals surface area (Å²) >= 11 is -0.451. The van der Waals surface area contributed by atoms with Gasteiger partial charge in [-0.1, -0.05) is 0 Å². The van der Waals surface area contributed by atoms with Gasteiger partial charge >= 0.3 is 241 Å².